The van der Waals surface area contributed by atoms with Crippen molar-refractivity contribution >= 4 is 33.8 Å². The Hall–Kier alpha value is -2.02. The van der Waals surface area contributed by atoms with Gasteiger partial charge in [0, 0.05) is 19.6 Å². The summed E-state index contributed by atoms with van der Waals surface area (Å²) in [5.41, 5.74) is 4.94. The number of benzene rings is 2. The highest BCUT2D eigenvalue weighted by Gasteiger charge is 2.09. The van der Waals surface area contributed by atoms with E-state index in [1.54, 1.807) is 0 Å². The number of thiocarbonyl (C=S) groups is 1. The fourth-order valence-electron chi connectivity index (χ4n) is 2.98. The average Bonchev–Trinajstić information content (AvgIpc) is 2.70. The van der Waals surface area contributed by atoms with Crippen LogP contribution in [0.3, 0.4) is 0 Å². The summed E-state index contributed by atoms with van der Waals surface area (Å²) < 4.78 is 5.36. The lowest BCUT2D eigenvalue weighted by atomic mass is 10.0. The fourth-order valence-corrected chi connectivity index (χ4v) is 3.13. The summed E-state index contributed by atoms with van der Waals surface area (Å²) in [5, 5.41) is 10.6. The summed E-state index contributed by atoms with van der Waals surface area (Å²) in [6.45, 7) is 7.63. The number of hydrogen-bond donors (Lipinski definition) is 2. The summed E-state index contributed by atoms with van der Waals surface area (Å²) >= 11 is 5.31. The third-order valence-corrected chi connectivity index (χ3v) is 4.77. The first-order valence-electron chi connectivity index (χ1n) is 9.10. The van der Waals surface area contributed by atoms with E-state index >= 15 is 0 Å². The molecule has 1 aliphatic rings. The number of ether oxygens (including phenoxy) is 1. The highest BCUT2D eigenvalue weighted by Crippen LogP contribution is 2.16. The molecule has 0 aromatic heterocycles. The van der Waals surface area contributed by atoms with Gasteiger partial charge in [-0.05, 0) is 54.5 Å². The summed E-state index contributed by atoms with van der Waals surface area (Å²) in [6.07, 6.45) is 1.05. The van der Waals surface area contributed by atoms with Crippen LogP contribution in [-0.4, -0.2) is 55.1 Å². The quantitative estimate of drug-likeness (QED) is 0.354. The van der Waals surface area contributed by atoms with E-state index < -0.39 is 0 Å². The predicted molar refractivity (Wildman–Crippen MR) is 112 cm³/mol. The van der Waals surface area contributed by atoms with Crippen LogP contribution in [0.25, 0.3) is 10.8 Å². The van der Waals surface area contributed by atoms with Crippen molar-refractivity contribution in [3.8, 4) is 0 Å². The van der Waals surface area contributed by atoms with Gasteiger partial charge < -0.3 is 10.1 Å². The lowest BCUT2D eigenvalue weighted by molar-refractivity contribution is 0.0376. The minimum atomic E-state index is 0.562. The van der Waals surface area contributed by atoms with Crippen molar-refractivity contribution in [2.45, 2.75) is 13.3 Å². The number of morpholine rings is 1. The molecule has 0 bridgehead atoms. The highest BCUT2D eigenvalue weighted by molar-refractivity contribution is 7.80. The van der Waals surface area contributed by atoms with E-state index in [9.17, 15) is 0 Å². The maximum atomic E-state index is 5.36. The molecule has 2 aromatic rings. The molecule has 2 aromatic carbocycles. The van der Waals surface area contributed by atoms with Gasteiger partial charge in [0.25, 0.3) is 0 Å². The maximum Gasteiger partial charge on any atom is 0.186 e. The molecule has 6 heteroatoms. The standard InChI is InChI=1S/C20H26N4OS/c1-16(18-8-7-17-5-2-3-6-19(17)15-18)22-23-20(26)21-9-4-10-24-11-13-25-14-12-24/h2-3,5-8,15H,4,9-14H2,1H3,(H2,21,23,26)/b22-16+. The van der Waals surface area contributed by atoms with Gasteiger partial charge in [0.2, 0.25) is 0 Å². The van der Waals surface area contributed by atoms with Gasteiger partial charge in [-0.25, -0.2) is 0 Å². The molecule has 0 spiro atoms. The van der Waals surface area contributed by atoms with Gasteiger partial charge in [0.05, 0.1) is 18.9 Å². The van der Waals surface area contributed by atoms with Gasteiger partial charge in [-0.1, -0.05) is 36.4 Å². The van der Waals surface area contributed by atoms with Gasteiger partial charge in [-0.3, -0.25) is 10.3 Å². The molecule has 1 fully saturated rings. The number of rotatable bonds is 6. The number of nitrogens with one attached hydrogen (secondary N) is 2. The largest absolute Gasteiger partial charge is 0.379 e. The van der Waals surface area contributed by atoms with E-state index in [-0.39, 0.29) is 0 Å². The van der Waals surface area contributed by atoms with E-state index in [1.165, 1.54) is 10.8 Å². The van der Waals surface area contributed by atoms with Crippen LogP contribution in [0.5, 0.6) is 0 Å². The van der Waals surface area contributed by atoms with Crippen LogP contribution in [0.4, 0.5) is 0 Å². The molecule has 0 unspecified atom stereocenters. The molecule has 0 radical (unpaired) electrons. The Morgan fingerprint density at radius 3 is 2.73 bits per heavy atom. The number of fused-ring (bicyclic) bond motifs is 1. The lowest BCUT2D eigenvalue weighted by Crippen LogP contribution is -2.39. The Bertz CT molecular complexity index is 771. The summed E-state index contributed by atoms with van der Waals surface area (Å²) in [7, 11) is 0. The lowest BCUT2D eigenvalue weighted by Gasteiger charge is -2.26. The first-order valence-corrected chi connectivity index (χ1v) is 9.50. The van der Waals surface area contributed by atoms with Crippen LogP contribution in [0, 0.1) is 0 Å². The van der Waals surface area contributed by atoms with Crippen molar-refractivity contribution in [1.82, 2.24) is 15.6 Å². The second-order valence-electron chi connectivity index (χ2n) is 6.43. The fraction of sp³-hybridized carbons (Fsp3) is 0.400. The van der Waals surface area contributed by atoms with Crippen LogP contribution in [-0.2, 0) is 4.74 Å². The second-order valence-corrected chi connectivity index (χ2v) is 6.84. The molecule has 0 saturated carbocycles. The molecular weight excluding hydrogens is 344 g/mol. The van der Waals surface area contributed by atoms with Crippen LogP contribution in [0.1, 0.15) is 18.9 Å². The molecule has 138 valence electrons. The molecule has 26 heavy (non-hydrogen) atoms. The molecule has 0 aliphatic carbocycles. The van der Waals surface area contributed by atoms with E-state index in [0.29, 0.717) is 5.11 Å². The predicted octanol–water partition coefficient (Wildman–Crippen LogP) is 2.75. The van der Waals surface area contributed by atoms with Crippen molar-refractivity contribution in [3.05, 3.63) is 48.0 Å². The van der Waals surface area contributed by atoms with E-state index in [1.807, 2.05) is 19.1 Å². The van der Waals surface area contributed by atoms with Crippen molar-refractivity contribution in [2.24, 2.45) is 5.10 Å². The minimum absolute atomic E-state index is 0.562. The summed E-state index contributed by atoms with van der Waals surface area (Å²) in [5.74, 6) is 0. The van der Waals surface area contributed by atoms with Crippen molar-refractivity contribution < 1.29 is 4.74 Å². The Balaban J connectivity index is 1.43. The normalized spacial score (nSPS) is 15.8. The van der Waals surface area contributed by atoms with Crippen LogP contribution < -0.4 is 10.7 Å². The SMILES string of the molecule is C/C(=N\NC(=S)NCCCN1CCOCC1)c1ccc2ccccc2c1. The maximum absolute atomic E-state index is 5.36. The zero-order chi connectivity index (χ0) is 18.2. The highest BCUT2D eigenvalue weighted by atomic mass is 32.1. The molecule has 5 nitrogen and oxygen atoms in total. The van der Waals surface area contributed by atoms with Crippen molar-refractivity contribution in [2.75, 3.05) is 39.4 Å². The Morgan fingerprint density at radius 1 is 1.15 bits per heavy atom. The molecule has 1 heterocycles. The average molecular weight is 371 g/mol. The van der Waals surface area contributed by atoms with Gasteiger partial charge in [-0.15, -0.1) is 0 Å². The van der Waals surface area contributed by atoms with Gasteiger partial charge in [0.1, 0.15) is 0 Å². The number of nitrogens with zero attached hydrogens (tertiary/aromatic N) is 2. The first-order chi connectivity index (χ1) is 12.7. The Labute approximate surface area is 160 Å². The summed E-state index contributed by atoms with van der Waals surface area (Å²) in [6, 6.07) is 14.7. The van der Waals surface area contributed by atoms with E-state index in [2.05, 4.69) is 51.1 Å². The van der Waals surface area contributed by atoms with Gasteiger partial charge >= 0.3 is 0 Å². The van der Waals surface area contributed by atoms with Crippen LogP contribution in [0.2, 0.25) is 0 Å². The smallest absolute Gasteiger partial charge is 0.186 e. The molecule has 1 aliphatic heterocycles. The molecule has 2 N–H and O–H groups in total. The molecule has 1 saturated heterocycles. The third-order valence-electron chi connectivity index (χ3n) is 4.53. The monoisotopic (exact) mass is 370 g/mol. The van der Waals surface area contributed by atoms with Gasteiger partial charge in [-0.2, -0.15) is 5.10 Å². The molecule has 0 atom stereocenters. The molecule has 3 rings (SSSR count). The first kappa shape index (κ1) is 18.8. The zero-order valence-electron chi connectivity index (χ0n) is 15.2. The number of hydrazone groups is 1. The van der Waals surface area contributed by atoms with E-state index in [0.717, 1.165) is 57.1 Å². The second kappa shape index (κ2) is 9.62. The summed E-state index contributed by atoms with van der Waals surface area (Å²) in [4.78, 5) is 2.42. The Kier molecular flexibility index (Phi) is 6.94. The van der Waals surface area contributed by atoms with Crippen molar-refractivity contribution in [1.29, 1.82) is 0 Å². The topological polar surface area (TPSA) is 48.9 Å². The number of hydrogen-bond acceptors (Lipinski definition) is 4. The Morgan fingerprint density at radius 2 is 1.92 bits per heavy atom. The van der Waals surface area contributed by atoms with Gasteiger partial charge in [0.15, 0.2) is 5.11 Å². The zero-order valence-corrected chi connectivity index (χ0v) is 16.0. The van der Waals surface area contributed by atoms with Crippen LogP contribution in [0.15, 0.2) is 47.6 Å². The van der Waals surface area contributed by atoms with E-state index in [4.69, 9.17) is 17.0 Å². The van der Waals surface area contributed by atoms with Crippen LogP contribution >= 0.6 is 12.2 Å². The third kappa shape index (κ3) is 5.49. The van der Waals surface area contributed by atoms with Crippen molar-refractivity contribution in [3.63, 3.8) is 0 Å². The molecule has 0 amide bonds. The minimum Gasteiger partial charge on any atom is -0.379 e. The molecular formula is C20H26N4OS.